The molecule has 0 bridgehead atoms. The lowest BCUT2D eigenvalue weighted by molar-refractivity contribution is -0.151. The first-order valence-electron chi connectivity index (χ1n) is 10.9. The van der Waals surface area contributed by atoms with Crippen LogP contribution in [0.25, 0.3) is 0 Å². The number of hydrogen-bond acceptors (Lipinski definition) is 3. The molecule has 1 aliphatic rings. The van der Waals surface area contributed by atoms with Crippen molar-refractivity contribution in [1.82, 2.24) is 0 Å². The maximum Gasteiger partial charge on any atom is 0.387 e. The van der Waals surface area contributed by atoms with E-state index in [2.05, 4.69) is 10.1 Å². The van der Waals surface area contributed by atoms with Crippen LogP contribution in [0.2, 0.25) is 5.02 Å². The third-order valence-corrected chi connectivity index (χ3v) is 6.90. The van der Waals surface area contributed by atoms with Gasteiger partial charge in [0.15, 0.2) is 5.75 Å². The van der Waals surface area contributed by atoms with Crippen LogP contribution in [-0.2, 0) is 15.0 Å². The van der Waals surface area contributed by atoms with Gasteiger partial charge in [-0.15, -0.1) is 0 Å². The molecule has 0 aromatic heterocycles. The number of ether oxygens (including phenoxy) is 1. The molecule has 0 unspecified atom stereocenters. The summed E-state index contributed by atoms with van der Waals surface area (Å²) in [7, 11) is 0. The van der Waals surface area contributed by atoms with Crippen molar-refractivity contribution < 1.29 is 28.2 Å². The molecule has 178 valence electrons. The fraction of sp³-hybridized carbons (Fsp3) is 0.440. The van der Waals surface area contributed by atoms with Crippen LogP contribution in [0.15, 0.2) is 42.5 Å². The molecule has 0 saturated heterocycles. The Morgan fingerprint density at radius 3 is 2.30 bits per heavy atom. The summed E-state index contributed by atoms with van der Waals surface area (Å²) in [5.41, 5.74) is -0.0437. The Kier molecular flexibility index (Phi) is 7.32. The van der Waals surface area contributed by atoms with Crippen molar-refractivity contribution in [3.63, 3.8) is 0 Å². The number of alkyl halides is 2. The van der Waals surface area contributed by atoms with Crippen LogP contribution in [-0.4, -0.2) is 23.6 Å². The monoisotopic (exact) mass is 479 g/mol. The molecule has 1 aliphatic carbocycles. The van der Waals surface area contributed by atoms with Crippen LogP contribution in [0.4, 0.5) is 14.5 Å². The van der Waals surface area contributed by atoms with Crippen molar-refractivity contribution in [3.8, 4) is 5.75 Å². The zero-order valence-corrected chi connectivity index (χ0v) is 19.6. The van der Waals surface area contributed by atoms with E-state index in [0.29, 0.717) is 25.7 Å². The summed E-state index contributed by atoms with van der Waals surface area (Å²) in [5, 5.41) is 12.7. The number of rotatable bonds is 7. The minimum Gasteiger partial charge on any atom is -0.481 e. The van der Waals surface area contributed by atoms with Gasteiger partial charge in [0.1, 0.15) is 0 Å². The average molecular weight is 480 g/mol. The molecule has 1 fully saturated rings. The predicted octanol–water partition coefficient (Wildman–Crippen LogP) is 6.61. The van der Waals surface area contributed by atoms with Gasteiger partial charge >= 0.3 is 12.6 Å². The van der Waals surface area contributed by atoms with Crippen molar-refractivity contribution in [2.45, 2.75) is 64.4 Å². The average Bonchev–Trinajstić information content (AvgIpc) is 2.75. The van der Waals surface area contributed by atoms with Crippen LogP contribution >= 0.6 is 11.6 Å². The van der Waals surface area contributed by atoms with Gasteiger partial charge in [-0.2, -0.15) is 8.78 Å². The van der Waals surface area contributed by atoms with Crippen molar-refractivity contribution in [2.24, 2.45) is 5.41 Å². The fourth-order valence-corrected chi connectivity index (χ4v) is 4.69. The largest absolute Gasteiger partial charge is 0.481 e. The number of carbonyl (C=O) groups excluding carboxylic acids is 1. The third kappa shape index (κ3) is 5.13. The van der Waals surface area contributed by atoms with Crippen LogP contribution in [0, 0.1) is 5.41 Å². The number of hydrogen-bond donors (Lipinski definition) is 2. The zero-order chi connectivity index (χ0) is 24.4. The molecule has 33 heavy (non-hydrogen) atoms. The first-order valence-corrected chi connectivity index (χ1v) is 11.2. The normalized spacial score (nSPS) is 22.9. The number of anilines is 1. The zero-order valence-electron chi connectivity index (χ0n) is 18.8. The molecule has 5 nitrogen and oxygen atoms in total. The standard InChI is InChI=1S/C25H28ClF2NO4/c1-15(2)17-6-4-5-7-18(17)25(12-10-24(3,11-13-25)22(31)32)21(30)29-19-9-8-16(26)14-20(19)33-23(27)28/h4-9,14-15,23H,10-13H2,1-3H3,(H,29,30)(H,31,32). The van der Waals surface area contributed by atoms with Crippen molar-refractivity contribution in [3.05, 3.63) is 58.6 Å². The number of amides is 1. The second kappa shape index (κ2) is 9.67. The highest BCUT2D eigenvalue weighted by atomic mass is 35.5. The number of benzene rings is 2. The van der Waals surface area contributed by atoms with Gasteiger partial charge in [-0.1, -0.05) is 49.7 Å². The van der Waals surface area contributed by atoms with Gasteiger partial charge < -0.3 is 15.2 Å². The van der Waals surface area contributed by atoms with Crippen LogP contribution in [0.5, 0.6) is 5.75 Å². The van der Waals surface area contributed by atoms with E-state index in [9.17, 15) is 23.5 Å². The minimum atomic E-state index is -3.08. The molecule has 2 aromatic rings. The highest BCUT2D eigenvalue weighted by Gasteiger charge is 2.50. The molecule has 0 aliphatic heterocycles. The third-order valence-electron chi connectivity index (χ3n) is 6.66. The molecule has 2 aromatic carbocycles. The van der Waals surface area contributed by atoms with Gasteiger partial charge in [-0.25, -0.2) is 0 Å². The topological polar surface area (TPSA) is 75.6 Å². The molecule has 0 heterocycles. The van der Waals surface area contributed by atoms with E-state index in [1.165, 1.54) is 18.2 Å². The Balaban J connectivity index is 2.05. The first-order chi connectivity index (χ1) is 15.5. The SMILES string of the molecule is CC(C)c1ccccc1C1(C(=O)Nc2ccc(Cl)cc2OC(F)F)CCC(C)(C(=O)O)CC1. The summed E-state index contributed by atoms with van der Waals surface area (Å²) in [6.45, 7) is 2.67. The van der Waals surface area contributed by atoms with Gasteiger partial charge in [-0.05, 0) is 61.8 Å². The molecule has 3 rings (SSSR count). The van der Waals surface area contributed by atoms with E-state index in [0.717, 1.165) is 11.1 Å². The summed E-state index contributed by atoms with van der Waals surface area (Å²) in [6, 6.07) is 11.7. The maximum atomic E-state index is 13.8. The highest BCUT2D eigenvalue weighted by Crippen LogP contribution is 2.49. The lowest BCUT2D eigenvalue weighted by atomic mass is 9.60. The first kappa shape index (κ1) is 25.0. The summed E-state index contributed by atoms with van der Waals surface area (Å²) < 4.78 is 30.4. The Labute approximate surface area is 197 Å². The predicted molar refractivity (Wildman–Crippen MR) is 123 cm³/mol. The Morgan fingerprint density at radius 2 is 1.73 bits per heavy atom. The Morgan fingerprint density at radius 1 is 1.09 bits per heavy atom. The summed E-state index contributed by atoms with van der Waals surface area (Å²) in [6.07, 6.45) is 1.24. The van der Waals surface area contributed by atoms with Gasteiger partial charge in [0.25, 0.3) is 0 Å². The van der Waals surface area contributed by atoms with Crippen LogP contribution in [0.3, 0.4) is 0 Å². The maximum absolute atomic E-state index is 13.8. The number of carbonyl (C=O) groups is 2. The molecular weight excluding hydrogens is 452 g/mol. The van der Waals surface area contributed by atoms with E-state index in [-0.39, 0.29) is 28.3 Å². The van der Waals surface area contributed by atoms with Crippen molar-refractivity contribution in [1.29, 1.82) is 0 Å². The number of nitrogens with one attached hydrogen (secondary N) is 1. The quantitative estimate of drug-likeness (QED) is 0.468. The van der Waals surface area contributed by atoms with E-state index >= 15 is 0 Å². The van der Waals surface area contributed by atoms with E-state index < -0.39 is 23.4 Å². The van der Waals surface area contributed by atoms with Gasteiger partial charge in [0.05, 0.1) is 16.5 Å². The number of aliphatic carboxylic acids is 1. The summed E-state index contributed by atoms with van der Waals surface area (Å²) in [4.78, 5) is 25.7. The van der Waals surface area contributed by atoms with Gasteiger partial charge in [0.2, 0.25) is 5.91 Å². The Hall–Kier alpha value is -2.67. The van der Waals surface area contributed by atoms with E-state index in [4.69, 9.17) is 11.6 Å². The summed E-state index contributed by atoms with van der Waals surface area (Å²) in [5.74, 6) is -1.38. The minimum absolute atomic E-state index is 0.0812. The molecule has 0 atom stereocenters. The Bertz CT molecular complexity index is 1030. The van der Waals surface area contributed by atoms with Crippen LogP contribution in [0.1, 0.15) is 63.5 Å². The van der Waals surface area contributed by atoms with Crippen LogP contribution < -0.4 is 10.1 Å². The molecule has 1 saturated carbocycles. The molecule has 1 amide bonds. The molecule has 0 radical (unpaired) electrons. The lowest BCUT2D eigenvalue weighted by Crippen LogP contribution is -2.47. The fourth-order valence-electron chi connectivity index (χ4n) is 4.53. The second-order valence-corrected chi connectivity index (χ2v) is 9.60. The highest BCUT2D eigenvalue weighted by molar-refractivity contribution is 6.30. The molecule has 8 heteroatoms. The second-order valence-electron chi connectivity index (χ2n) is 9.16. The summed E-state index contributed by atoms with van der Waals surface area (Å²) >= 11 is 5.93. The van der Waals surface area contributed by atoms with Gasteiger partial charge in [-0.3, -0.25) is 9.59 Å². The van der Waals surface area contributed by atoms with Gasteiger partial charge in [0, 0.05) is 11.1 Å². The van der Waals surface area contributed by atoms with Crippen molar-refractivity contribution >= 4 is 29.2 Å². The number of carboxylic acid groups (broad SMARTS) is 1. The number of carboxylic acids is 1. The lowest BCUT2D eigenvalue weighted by Gasteiger charge is -2.43. The molecular formula is C25H28ClF2NO4. The smallest absolute Gasteiger partial charge is 0.387 e. The molecule has 0 spiro atoms. The molecule has 2 N–H and O–H groups in total. The van der Waals surface area contributed by atoms with Crippen molar-refractivity contribution in [2.75, 3.05) is 5.32 Å². The number of halogens is 3. The van der Waals surface area contributed by atoms with E-state index in [1.54, 1.807) is 6.92 Å². The van der Waals surface area contributed by atoms with E-state index in [1.807, 2.05) is 38.1 Å².